The number of furan rings is 1. The third kappa shape index (κ3) is 2.42. The molecule has 96 valence electrons. The van der Waals surface area contributed by atoms with Gasteiger partial charge in [-0.05, 0) is 24.3 Å². The molecule has 1 heterocycles. The molecule has 1 aromatic heterocycles. The van der Waals surface area contributed by atoms with E-state index in [1.54, 1.807) is 0 Å². The van der Waals surface area contributed by atoms with Gasteiger partial charge >= 0.3 is 0 Å². The van der Waals surface area contributed by atoms with Crippen molar-refractivity contribution in [1.82, 2.24) is 0 Å². The minimum absolute atomic E-state index is 0.00172. The van der Waals surface area contributed by atoms with Gasteiger partial charge in [0.25, 0.3) is 0 Å². The lowest BCUT2D eigenvalue weighted by Gasteiger charge is -2.04. The van der Waals surface area contributed by atoms with Crippen LogP contribution in [0.5, 0.6) is 5.75 Å². The number of para-hydroxylation sites is 1. The summed E-state index contributed by atoms with van der Waals surface area (Å²) in [7, 11) is 0. The Bertz CT molecular complexity index is 686. The van der Waals surface area contributed by atoms with E-state index in [4.69, 9.17) is 9.15 Å². The quantitative estimate of drug-likeness (QED) is 0.701. The molecule has 0 unspecified atom stereocenters. The number of hydrogen-bond acceptors (Lipinski definition) is 2. The van der Waals surface area contributed by atoms with Crippen LogP contribution in [-0.2, 0) is 6.61 Å². The minimum atomic E-state index is -0.726. The Kier molecular flexibility index (Phi) is 2.91. The molecule has 0 aliphatic heterocycles. The molecule has 0 saturated carbocycles. The zero-order valence-electron chi connectivity index (χ0n) is 9.90. The molecule has 3 rings (SSSR count). The van der Waals surface area contributed by atoms with E-state index in [1.165, 1.54) is 6.07 Å². The van der Waals surface area contributed by atoms with Crippen molar-refractivity contribution in [3.05, 3.63) is 65.9 Å². The molecule has 4 heteroatoms. The lowest BCUT2D eigenvalue weighted by atomic mass is 10.2. The summed E-state index contributed by atoms with van der Waals surface area (Å²) in [5, 5.41) is 0.959. The number of rotatable bonds is 3. The van der Waals surface area contributed by atoms with Crippen LogP contribution >= 0.6 is 0 Å². The van der Waals surface area contributed by atoms with Gasteiger partial charge in [-0.25, -0.2) is 8.78 Å². The Hall–Kier alpha value is -2.36. The smallest absolute Gasteiger partial charge is 0.167 e. The van der Waals surface area contributed by atoms with Crippen molar-refractivity contribution in [3.63, 3.8) is 0 Å². The second kappa shape index (κ2) is 4.72. The Morgan fingerprint density at radius 3 is 2.63 bits per heavy atom. The first-order valence-electron chi connectivity index (χ1n) is 5.78. The maximum Gasteiger partial charge on any atom is 0.167 e. The van der Waals surface area contributed by atoms with Crippen molar-refractivity contribution < 1.29 is 17.9 Å². The highest BCUT2D eigenvalue weighted by Gasteiger charge is 2.07. The van der Waals surface area contributed by atoms with Crippen molar-refractivity contribution >= 4 is 11.0 Å². The van der Waals surface area contributed by atoms with Crippen LogP contribution < -0.4 is 4.74 Å². The molecule has 0 N–H and O–H groups in total. The monoisotopic (exact) mass is 260 g/mol. The topological polar surface area (TPSA) is 22.4 Å². The van der Waals surface area contributed by atoms with Gasteiger partial charge in [-0.2, -0.15) is 0 Å². The summed E-state index contributed by atoms with van der Waals surface area (Å²) in [6.45, 7) is 0.0945. The van der Waals surface area contributed by atoms with E-state index in [1.807, 2.05) is 30.3 Å². The van der Waals surface area contributed by atoms with Crippen LogP contribution in [0, 0.1) is 11.6 Å². The predicted molar refractivity (Wildman–Crippen MR) is 66.9 cm³/mol. The van der Waals surface area contributed by atoms with Gasteiger partial charge in [-0.1, -0.05) is 18.2 Å². The highest BCUT2D eigenvalue weighted by molar-refractivity contribution is 5.77. The van der Waals surface area contributed by atoms with E-state index in [9.17, 15) is 8.78 Å². The average Bonchev–Trinajstić information content (AvgIpc) is 2.80. The van der Waals surface area contributed by atoms with E-state index >= 15 is 0 Å². The number of hydrogen-bond donors (Lipinski definition) is 0. The van der Waals surface area contributed by atoms with Crippen LogP contribution in [0.1, 0.15) is 5.76 Å². The van der Waals surface area contributed by atoms with Gasteiger partial charge < -0.3 is 9.15 Å². The van der Waals surface area contributed by atoms with Gasteiger partial charge in [0.1, 0.15) is 23.8 Å². The first-order valence-corrected chi connectivity index (χ1v) is 5.78. The predicted octanol–water partition coefficient (Wildman–Crippen LogP) is 4.29. The molecule has 0 fully saturated rings. The van der Waals surface area contributed by atoms with Crippen molar-refractivity contribution in [2.45, 2.75) is 6.61 Å². The summed E-state index contributed by atoms with van der Waals surface area (Å²) in [6, 6.07) is 12.6. The molecular formula is C15H10F2O2. The van der Waals surface area contributed by atoms with E-state index < -0.39 is 11.6 Å². The second-order valence-electron chi connectivity index (χ2n) is 4.11. The van der Waals surface area contributed by atoms with Gasteiger partial charge in [0.2, 0.25) is 0 Å². The maximum atomic E-state index is 13.4. The first kappa shape index (κ1) is 11.7. The Balaban J connectivity index is 1.78. The van der Waals surface area contributed by atoms with Crippen LogP contribution in [0.15, 0.2) is 52.9 Å². The molecule has 0 spiro atoms. The summed E-state index contributed by atoms with van der Waals surface area (Å²) in [5.41, 5.74) is 0.751. The third-order valence-corrected chi connectivity index (χ3v) is 2.74. The van der Waals surface area contributed by atoms with Crippen molar-refractivity contribution in [3.8, 4) is 5.75 Å². The number of ether oxygens (including phenoxy) is 1. The second-order valence-corrected chi connectivity index (χ2v) is 4.11. The van der Waals surface area contributed by atoms with Crippen molar-refractivity contribution in [1.29, 1.82) is 0 Å². The number of halogens is 2. The zero-order chi connectivity index (χ0) is 13.2. The fourth-order valence-electron chi connectivity index (χ4n) is 1.85. The molecule has 19 heavy (non-hydrogen) atoms. The summed E-state index contributed by atoms with van der Waals surface area (Å²) >= 11 is 0. The molecule has 3 aromatic rings. The van der Waals surface area contributed by atoms with Gasteiger partial charge in [0, 0.05) is 11.5 Å². The molecule has 0 amide bonds. The van der Waals surface area contributed by atoms with E-state index in [-0.39, 0.29) is 12.4 Å². The maximum absolute atomic E-state index is 13.4. The average molecular weight is 260 g/mol. The van der Waals surface area contributed by atoms with E-state index in [2.05, 4.69) is 0 Å². The lowest BCUT2D eigenvalue weighted by Crippen LogP contribution is -1.96. The van der Waals surface area contributed by atoms with Crippen molar-refractivity contribution in [2.75, 3.05) is 0 Å². The first-order chi connectivity index (χ1) is 9.22. The summed E-state index contributed by atoms with van der Waals surface area (Å²) < 4.78 is 36.9. The van der Waals surface area contributed by atoms with E-state index in [0.29, 0.717) is 5.76 Å². The van der Waals surface area contributed by atoms with Crippen molar-refractivity contribution in [2.24, 2.45) is 0 Å². The summed E-state index contributed by atoms with van der Waals surface area (Å²) in [6.07, 6.45) is 0. The molecule has 2 aromatic carbocycles. The molecule has 0 aliphatic rings. The summed E-state index contributed by atoms with van der Waals surface area (Å²) in [5.74, 6) is -0.767. The van der Waals surface area contributed by atoms with Crippen LogP contribution in [-0.4, -0.2) is 0 Å². The minimum Gasteiger partial charge on any atom is -0.483 e. The molecule has 0 bridgehead atoms. The Morgan fingerprint density at radius 2 is 1.84 bits per heavy atom. The zero-order valence-corrected chi connectivity index (χ0v) is 9.90. The largest absolute Gasteiger partial charge is 0.483 e. The van der Waals surface area contributed by atoms with Gasteiger partial charge in [0.15, 0.2) is 11.6 Å². The fourth-order valence-corrected chi connectivity index (χ4v) is 1.85. The van der Waals surface area contributed by atoms with E-state index in [0.717, 1.165) is 23.1 Å². The third-order valence-electron chi connectivity index (χ3n) is 2.74. The van der Waals surface area contributed by atoms with Gasteiger partial charge in [0.05, 0.1) is 0 Å². The molecule has 0 aliphatic carbocycles. The van der Waals surface area contributed by atoms with Crippen LogP contribution in [0.3, 0.4) is 0 Å². The fraction of sp³-hybridized carbons (Fsp3) is 0.0667. The molecular weight excluding hydrogens is 250 g/mol. The highest BCUT2D eigenvalue weighted by atomic mass is 19.1. The van der Waals surface area contributed by atoms with Crippen LogP contribution in [0.4, 0.5) is 8.78 Å². The number of benzene rings is 2. The molecule has 2 nitrogen and oxygen atoms in total. The highest BCUT2D eigenvalue weighted by Crippen LogP contribution is 2.22. The SMILES string of the molecule is Fc1ccc(OCc2cc3ccccc3o2)c(F)c1. The summed E-state index contributed by atoms with van der Waals surface area (Å²) in [4.78, 5) is 0. The normalized spacial score (nSPS) is 10.8. The molecule has 0 saturated heterocycles. The molecule has 0 atom stereocenters. The lowest BCUT2D eigenvalue weighted by molar-refractivity contribution is 0.261. The standard InChI is InChI=1S/C15H10F2O2/c16-11-5-6-15(13(17)8-11)18-9-12-7-10-3-1-2-4-14(10)19-12/h1-8H,9H2. The number of fused-ring (bicyclic) bond motifs is 1. The van der Waals surface area contributed by atoms with Gasteiger partial charge in [-0.15, -0.1) is 0 Å². The Labute approximate surface area is 108 Å². The molecule has 0 radical (unpaired) electrons. The van der Waals surface area contributed by atoms with Gasteiger partial charge in [-0.3, -0.25) is 0 Å². The van der Waals surface area contributed by atoms with Crippen LogP contribution in [0.2, 0.25) is 0 Å². The van der Waals surface area contributed by atoms with Crippen LogP contribution in [0.25, 0.3) is 11.0 Å². The Morgan fingerprint density at radius 1 is 1.00 bits per heavy atom.